The van der Waals surface area contributed by atoms with Crippen LogP contribution in [-0.2, 0) is 14.6 Å². The summed E-state index contributed by atoms with van der Waals surface area (Å²) < 4.78 is 38.5. The molecule has 0 aromatic heterocycles. The smallest absolute Gasteiger partial charge is 0.312 e. The van der Waals surface area contributed by atoms with Crippen LogP contribution in [0.25, 0.3) is 0 Å². The van der Waals surface area contributed by atoms with Crippen molar-refractivity contribution >= 4 is 15.8 Å². The van der Waals surface area contributed by atoms with Crippen LogP contribution >= 0.6 is 0 Å². The molecule has 10 atom stereocenters. The van der Waals surface area contributed by atoms with Gasteiger partial charge >= 0.3 is 5.97 Å². The summed E-state index contributed by atoms with van der Waals surface area (Å²) in [5, 5.41) is 14.0. The maximum atomic E-state index is 14.0. The Morgan fingerprint density at radius 1 is 0.942 bits per heavy atom. The molecular formula is C44H69FN2O4S. The molecule has 0 radical (unpaired) electrons. The first kappa shape index (κ1) is 38.8. The van der Waals surface area contributed by atoms with Gasteiger partial charge in [0.2, 0.25) is 0 Å². The van der Waals surface area contributed by atoms with Crippen LogP contribution in [0.2, 0.25) is 0 Å². The zero-order valence-corrected chi connectivity index (χ0v) is 34.1. The van der Waals surface area contributed by atoms with Crippen molar-refractivity contribution in [1.29, 1.82) is 0 Å². The van der Waals surface area contributed by atoms with Gasteiger partial charge in [-0.1, -0.05) is 58.9 Å². The fraction of sp³-hybridized carbons (Fsp3) is 0.841. The van der Waals surface area contributed by atoms with E-state index in [1.807, 2.05) is 0 Å². The van der Waals surface area contributed by atoms with Crippen molar-refractivity contribution in [2.24, 2.45) is 56.7 Å². The summed E-state index contributed by atoms with van der Waals surface area (Å²) >= 11 is 0. The van der Waals surface area contributed by atoms with Gasteiger partial charge in [-0.3, -0.25) is 4.79 Å². The Balaban J connectivity index is 1.13. The summed E-state index contributed by atoms with van der Waals surface area (Å²) in [5.74, 6) is 2.61. The molecular weight excluding hydrogens is 672 g/mol. The number of hydrogen-bond donors (Lipinski definition) is 2. The highest BCUT2D eigenvalue weighted by Crippen LogP contribution is 2.76. The van der Waals surface area contributed by atoms with Gasteiger partial charge in [0.25, 0.3) is 0 Å². The molecule has 0 bridgehead atoms. The Morgan fingerprint density at radius 3 is 2.38 bits per heavy atom. The summed E-state index contributed by atoms with van der Waals surface area (Å²) in [4.78, 5) is 14.4. The number of carboxylic acids is 1. The molecule has 292 valence electrons. The predicted molar refractivity (Wildman–Crippen MR) is 208 cm³/mol. The molecule has 8 heteroatoms. The number of carboxylic acid groups (broad SMARTS) is 1. The van der Waals surface area contributed by atoms with Crippen LogP contribution in [0, 0.1) is 56.7 Å². The third-order valence-electron chi connectivity index (χ3n) is 17.9. The van der Waals surface area contributed by atoms with Gasteiger partial charge in [-0.05, 0) is 159 Å². The van der Waals surface area contributed by atoms with Crippen LogP contribution in [0.5, 0.6) is 0 Å². The number of aliphatic carboxylic acids is 1. The number of fused-ring (bicyclic) bond motifs is 7. The van der Waals surface area contributed by atoms with Gasteiger partial charge in [0.15, 0.2) is 9.84 Å². The van der Waals surface area contributed by atoms with Gasteiger partial charge < -0.3 is 15.3 Å². The molecule has 5 fully saturated rings. The van der Waals surface area contributed by atoms with Gasteiger partial charge in [-0.15, -0.1) is 0 Å². The van der Waals surface area contributed by atoms with Crippen LogP contribution in [0.3, 0.4) is 0 Å². The van der Waals surface area contributed by atoms with Crippen LogP contribution < -0.4 is 5.32 Å². The highest BCUT2D eigenvalue weighted by Gasteiger charge is 2.70. The Morgan fingerprint density at radius 2 is 1.71 bits per heavy atom. The molecule has 4 saturated carbocycles. The van der Waals surface area contributed by atoms with E-state index in [0.717, 1.165) is 32.5 Å². The lowest BCUT2D eigenvalue weighted by Gasteiger charge is -2.72. The summed E-state index contributed by atoms with van der Waals surface area (Å²) in [6, 6.07) is 0. The maximum Gasteiger partial charge on any atom is 0.312 e. The second kappa shape index (κ2) is 13.3. The number of alkyl halides is 1. The predicted octanol–water partition coefficient (Wildman–Crippen LogP) is 8.79. The number of carbonyl (C=O) groups is 1. The summed E-state index contributed by atoms with van der Waals surface area (Å²) in [5.41, 5.74) is 3.59. The summed E-state index contributed by atoms with van der Waals surface area (Å²) in [6.07, 6.45) is 17.7. The Hall–Kier alpha value is -1.51. The van der Waals surface area contributed by atoms with Crippen molar-refractivity contribution in [3.63, 3.8) is 0 Å². The van der Waals surface area contributed by atoms with Gasteiger partial charge in [-0.2, -0.15) is 0 Å². The topological polar surface area (TPSA) is 86.7 Å². The van der Waals surface area contributed by atoms with Crippen molar-refractivity contribution in [1.82, 2.24) is 10.2 Å². The highest BCUT2D eigenvalue weighted by molar-refractivity contribution is 7.91. The quantitative estimate of drug-likeness (QED) is 0.242. The van der Waals surface area contributed by atoms with E-state index in [-0.39, 0.29) is 33.6 Å². The minimum Gasteiger partial charge on any atom is -0.481 e. The highest BCUT2D eigenvalue weighted by atomic mass is 32.2. The van der Waals surface area contributed by atoms with E-state index in [2.05, 4.69) is 70.5 Å². The molecule has 1 saturated heterocycles. The lowest BCUT2D eigenvalue weighted by Crippen LogP contribution is -2.68. The molecule has 0 aromatic carbocycles. The first-order chi connectivity index (χ1) is 24.4. The van der Waals surface area contributed by atoms with Crippen molar-refractivity contribution < 1.29 is 22.7 Å². The van der Waals surface area contributed by atoms with Crippen molar-refractivity contribution in [3.8, 4) is 0 Å². The summed E-state index contributed by atoms with van der Waals surface area (Å²) in [7, 11) is -2.91. The van der Waals surface area contributed by atoms with Crippen molar-refractivity contribution in [3.05, 3.63) is 35.5 Å². The molecule has 1 aliphatic heterocycles. The van der Waals surface area contributed by atoms with Crippen molar-refractivity contribution in [2.75, 3.05) is 44.4 Å². The van der Waals surface area contributed by atoms with Gasteiger partial charge in [0.1, 0.15) is 6.67 Å². The average Bonchev–Trinajstić information content (AvgIpc) is 3.38. The average molecular weight is 741 g/mol. The molecule has 1 heterocycles. The second-order valence-electron chi connectivity index (χ2n) is 20.3. The minimum absolute atomic E-state index is 0.0173. The third kappa shape index (κ3) is 5.87. The van der Waals surface area contributed by atoms with E-state index in [9.17, 15) is 22.7 Å². The molecule has 1 unspecified atom stereocenters. The van der Waals surface area contributed by atoms with Crippen LogP contribution in [-0.4, -0.2) is 74.3 Å². The van der Waals surface area contributed by atoms with Crippen molar-refractivity contribution in [2.45, 2.75) is 131 Å². The molecule has 6 nitrogen and oxygen atoms in total. The maximum absolute atomic E-state index is 14.0. The number of halogens is 1. The Kier molecular flexibility index (Phi) is 9.92. The van der Waals surface area contributed by atoms with E-state index in [1.54, 1.807) is 0 Å². The number of nitrogens with zero attached hydrogens (tertiary/aromatic N) is 1. The Labute approximate surface area is 314 Å². The number of sulfone groups is 1. The SMILES string of the molecule is C=C(C)[C@@H]1CC[C@]2(NCCN3CCCS(=O)(=O)CC3)CC[C@]3(C)[C@H](CCC4[C@@]5(C)CC=C(C6=CC[C@](CF)(C(=O)O)CC6)C(C)(C)[C@@H]5CC[C@]43C)[C@@H]12. The van der Waals surface area contributed by atoms with E-state index < -0.39 is 27.9 Å². The number of hydrogen-bond acceptors (Lipinski definition) is 5. The molecule has 0 amide bonds. The van der Waals surface area contributed by atoms with Gasteiger partial charge in [-0.25, -0.2) is 12.8 Å². The second-order valence-corrected chi connectivity index (χ2v) is 22.6. The molecule has 7 aliphatic rings. The molecule has 52 heavy (non-hydrogen) atoms. The van der Waals surface area contributed by atoms with Gasteiger partial charge in [0.05, 0.1) is 16.9 Å². The molecule has 0 aromatic rings. The van der Waals surface area contributed by atoms with E-state index in [4.69, 9.17) is 0 Å². The normalized spacial score (nSPS) is 45.6. The molecule has 2 N–H and O–H groups in total. The standard InChI is InChI=1S/C44H69FN2O4S/c1-30(2)32-13-20-44(46-23-25-47-24-8-27-52(50,51)28-26-47)22-21-41(6)34(37(32)44)9-10-36-40(5)16-14-33(39(3,4)35(40)15-17-42(36,41)7)31-11-18-43(29-45,19-12-31)38(48)49/h11,14,32,34-37,46H,1,8-10,12-13,15-29H2,2-7H3,(H,48,49)/t32-,34+,35-,36?,37+,40-,41+,42+,43-,44-/m0/s1. The molecule has 6 aliphatic carbocycles. The fourth-order valence-corrected chi connectivity index (χ4v) is 16.1. The van der Waals surface area contributed by atoms with Crippen LogP contribution in [0.4, 0.5) is 4.39 Å². The molecule has 0 spiro atoms. The summed E-state index contributed by atoms with van der Waals surface area (Å²) in [6.45, 7) is 22.4. The number of allylic oxidation sites excluding steroid dienone is 5. The van der Waals surface area contributed by atoms with E-state index in [0.29, 0.717) is 60.5 Å². The Bertz CT molecular complexity index is 1620. The first-order valence-electron chi connectivity index (χ1n) is 20.9. The third-order valence-corrected chi connectivity index (χ3v) is 19.6. The van der Waals surface area contributed by atoms with E-state index >= 15 is 0 Å². The van der Waals surface area contributed by atoms with Crippen LogP contribution in [0.15, 0.2) is 35.5 Å². The van der Waals surface area contributed by atoms with Gasteiger partial charge in [0, 0.05) is 25.2 Å². The zero-order valence-electron chi connectivity index (χ0n) is 33.3. The lowest BCUT2D eigenvalue weighted by molar-refractivity contribution is -0.221. The lowest BCUT2D eigenvalue weighted by atomic mass is 9.33. The monoisotopic (exact) mass is 740 g/mol. The first-order valence-corrected chi connectivity index (χ1v) is 22.7. The van der Waals surface area contributed by atoms with Crippen LogP contribution in [0.1, 0.15) is 125 Å². The molecule has 7 rings (SSSR count). The fourth-order valence-electron chi connectivity index (χ4n) is 14.8. The number of nitrogens with one attached hydrogen (secondary N) is 1. The van der Waals surface area contributed by atoms with E-state index in [1.165, 1.54) is 68.1 Å². The minimum atomic E-state index is -2.91. The number of rotatable bonds is 8. The zero-order chi connectivity index (χ0) is 37.5. The largest absolute Gasteiger partial charge is 0.481 e.